The van der Waals surface area contributed by atoms with Gasteiger partial charge in [0.05, 0.1) is 11.1 Å². The Hall–Kier alpha value is -8.00. The number of nitrogens with zero attached hydrogens (tertiary/aromatic N) is 1. The maximum Gasteiger partial charge on any atom is 0.0726 e. The van der Waals surface area contributed by atoms with Crippen LogP contribution in [-0.4, -0.2) is 0 Å². The molecule has 76 heavy (non-hydrogen) atoms. The molecule has 0 radical (unpaired) electrons. The molecule has 1 nitrogen and oxygen atoms in total. The van der Waals surface area contributed by atoms with Crippen LogP contribution in [-0.2, 0) is 33.5 Å². The van der Waals surface area contributed by atoms with Crippen LogP contribution >= 0.6 is 0 Å². The normalized spacial score (nSPS) is 17.1. The summed E-state index contributed by atoms with van der Waals surface area (Å²) >= 11 is 0. The highest BCUT2D eigenvalue weighted by Crippen LogP contribution is 2.66. The van der Waals surface area contributed by atoms with Crippen LogP contribution in [0.15, 0.2) is 212 Å². The molecule has 5 aliphatic rings. The van der Waals surface area contributed by atoms with E-state index in [0.29, 0.717) is 0 Å². The van der Waals surface area contributed by atoms with E-state index in [4.69, 9.17) is 0 Å². The lowest BCUT2D eigenvalue weighted by molar-refractivity contribution is 0.589. The molecule has 0 saturated carbocycles. The molecule has 0 aromatic heterocycles. The fourth-order valence-corrected chi connectivity index (χ4v) is 15.3. The average Bonchev–Trinajstić information content (AvgIpc) is 4.23. The maximum atomic E-state index is 2.60. The zero-order chi connectivity index (χ0) is 51.7. The van der Waals surface area contributed by atoms with E-state index in [1.54, 1.807) is 0 Å². The van der Waals surface area contributed by atoms with Gasteiger partial charge in [0.1, 0.15) is 0 Å². The van der Waals surface area contributed by atoms with E-state index in [9.17, 15) is 0 Å². The largest absolute Gasteiger partial charge is 0.310 e. The summed E-state index contributed by atoms with van der Waals surface area (Å²) < 4.78 is 0. The molecule has 15 rings (SSSR count). The second-order valence-electron chi connectivity index (χ2n) is 25.1. The Morgan fingerprint density at radius 2 is 0.882 bits per heavy atom. The first-order chi connectivity index (χ1) is 36.7. The Morgan fingerprint density at radius 3 is 1.57 bits per heavy atom. The average molecular weight is 978 g/mol. The van der Waals surface area contributed by atoms with Gasteiger partial charge < -0.3 is 4.90 Å². The fourth-order valence-electron chi connectivity index (χ4n) is 15.3. The van der Waals surface area contributed by atoms with Crippen LogP contribution < -0.4 is 4.90 Å². The Morgan fingerprint density at radius 1 is 0.368 bits per heavy atom. The van der Waals surface area contributed by atoms with Gasteiger partial charge in [-0.05, 0) is 171 Å². The number of hydrogen-bond donors (Lipinski definition) is 0. The minimum atomic E-state index is -0.510. The van der Waals surface area contributed by atoms with E-state index in [0.717, 1.165) is 18.5 Å². The number of fused-ring (bicyclic) bond motifs is 20. The number of benzene rings is 10. The standard InChI is InChI=1S/C75H63N/c1-71(2,3)48-33-39-64-58(43-48)59-44-49(72(4,5)6)34-40-65(59)75(64)63-28-16-12-22-57(63)69-66(75)29-18-30-68(69)76(50-35-31-46(32-36-50)52-23-17-24-56-54-21-10-14-26-61(54)73(7,8)70(52)56)51-37-38-55-53-20-11-15-27-62(53)74(67(55)45-51)42-41-47-19-9-13-25-60(47)74/h9-40,43-45H,41-42H2,1-8H3. The van der Waals surface area contributed by atoms with E-state index in [1.165, 1.54) is 134 Å². The lowest BCUT2D eigenvalue weighted by Crippen LogP contribution is -2.26. The van der Waals surface area contributed by atoms with Gasteiger partial charge in [-0.25, -0.2) is 0 Å². The maximum absolute atomic E-state index is 2.60. The van der Waals surface area contributed by atoms with Crippen molar-refractivity contribution >= 4 is 17.1 Å². The number of anilines is 3. The van der Waals surface area contributed by atoms with Gasteiger partial charge in [-0.15, -0.1) is 0 Å². The van der Waals surface area contributed by atoms with Crippen molar-refractivity contribution in [1.82, 2.24) is 0 Å². The van der Waals surface area contributed by atoms with Gasteiger partial charge in [0.2, 0.25) is 0 Å². The molecule has 2 spiro atoms. The van der Waals surface area contributed by atoms with E-state index < -0.39 is 5.41 Å². The lowest BCUT2D eigenvalue weighted by atomic mass is 9.70. The molecule has 1 atom stereocenters. The first-order valence-electron chi connectivity index (χ1n) is 27.7. The van der Waals surface area contributed by atoms with Gasteiger partial charge in [-0.3, -0.25) is 0 Å². The summed E-state index contributed by atoms with van der Waals surface area (Å²) in [7, 11) is 0. The molecule has 1 unspecified atom stereocenters. The highest BCUT2D eigenvalue weighted by atomic mass is 15.1. The fraction of sp³-hybridized carbons (Fsp3) is 0.200. The monoisotopic (exact) mass is 977 g/mol. The van der Waals surface area contributed by atoms with Crippen molar-refractivity contribution in [3.8, 4) is 55.6 Å². The Labute approximate surface area is 449 Å². The molecule has 0 bridgehead atoms. The van der Waals surface area contributed by atoms with Gasteiger partial charge in [0.15, 0.2) is 0 Å². The van der Waals surface area contributed by atoms with E-state index >= 15 is 0 Å². The van der Waals surface area contributed by atoms with E-state index in [-0.39, 0.29) is 21.7 Å². The Balaban J connectivity index is 0.981. The molecule has 1 heteroatoms. The number of hydrogen-bond acceptors (Lipinski definition) is 1. The zero-order valence-electron chi connectivity index (χ0n) is 45.1. The second kappa shape index (κ2) is 15.5. The molecule has 0 aliphatic heterocycles. The van der Waals surface area contributed by atoms with Crippen LogP contribution in [0.5, 0.6) is 0 Å². The van der Waals surface area contributed by atoms with Gasteiger partial charge >= 0.3 is 0 Å². The summed E-state index contributed by atoms with van der Waals surface area (Å²) in [5.74, 6) is 0. The first kappa shape index (κ1) is 45.4. The van der Waals surface area contributed by atoms with E-state index in [2.05, 4.69) is 273 Å². The molecule has 0 fully saturated rings. The van der Waals surface area contributed by atoms with Crippen LogP contribution in [0.25, 0.3) is 55.6 Å². The minimum absolute atomic E-state index is 0.000558. The molecular weight excluding hydrogens is 915 g/mol. The predicted octanol–water partition coefficient (Wildman–Crippen LogP) is 19.3. The van der Waals surface area contributed by atoms with Gasteiger partial charge in [0.25, 0.3) is 0 Å². The molecular formula is C75H63N. The van der Waals surface area contributed by atoms with Crippen molar-refractivity contribution in [3.63, 3.8) is 0 Å². The third-order valence-electron chi connectivity index (χ3n) is 18.8. The van der Waals surface area contributed by atoms with Crippen LogP contribution in [0, 0.1) is 0 Å². The van der Waals surface area contributed by atoms with Gasteiger partial charge in [-0.2, -0.15) is 0 Å². The van der Waals surface area contributed by atoms with Crippen molar-refractivity contribution < 1.29 is 0 Å². The lowest BCUT2D eigenvalue weighted by Gasteiger charge is -2.33. The Bertz CT molecular complexity index is 4050. The summed E-state index contributed by atoms with van der Waals surface area (Å²) in [6, 6.07) is 82.7. The molecule has 0 amide bonds. The summed E-state index contributed by atoms with van der Waals surface area (Å²) in [4.78, 5) is 2.60. The first-order valence-corrected chi connectivity index (χ1v) is 27.7. The van der Waals surface area contributed by atoms with E-state index in [1.807, 2.05) is 0 Å². The van der Waals surface area contributed by atoms with Crippen molar-refractivity contribution in [2.24, 2.45) is 0 Å². The molecule has 0 N–H and O–H groups in total. The minimum Gasteiger partial charge on any atom is -0.310 e. The summed E-state index contributed by atoms with van der Waals surface area (Å²) in [5, 5.41) is 0. The summed E-state index contributed by atoms with van der Waals surface area (Å²) in [5.41, 5.74) is 32.6. The quantitative estimate of drug-likeness (QED) is 0.170. The second-order valence-corrected chi connectivity index (χ2v) is 25.1. The topological polar surface area (TPSA) is 3.24 Å². The zero-order valence-corrected chi connectivity index (χ0v) is 45.1. The van der Waals surface area contributed by atoms with Crippen LogP contribution in [0.2, 0.25) is 0 Å². The molecule has 0 heterocycles. The van der Waals surface area contributed by atoms with Crippen molar-refractivity contribution in [1.29, 1.82) is 0 Å². The molecule has 368 valence electrons. The van der Waals surface area contributed by atoms with Gasteiger partial charge in [-0.1, -0.05) is 237 Å². The number of rotatable bonds is 4. The molecule has 10 aromatic rings. The third kappa shape index (κ3) is 5.92. The summed E-state index contributed by atoms with van der Waals surface area (Å²) in [6.45, 7) is 18.9. The number of aryl methyl sites for hydroxylation is 1. The molecule has 10 aromatic carbocycles. The Kier molecular flexibility index (Phi) is 9.29. The van der Waals surface area contributed by atoms with Crippen LogP contribution in [0.3, 0.4) is 0 Å². The molecule has 0 saturated heterocycles. The highest BCUT2D eigenvalue weighted by Gasteiger charge is 2.54. The highest BCUT2D eigenvalue weighted by molar-refractivity contribution is 6.02. The van der Waals surface area contributed by atoms with Gasteiger partial charge in [0, 0.05) is 27.8 Å². The summed E-state index contributed by atoms with van der Waals surface area (Å²) in [6.07, 6.45) is 2.12. The van der Waals surface area contributed by atoms with Crippen molar-refractivity contribution in [2.45, 2.75) is 95.3 Å². The predicted molar refractivity (Wildman–Crippen MR) is 318 cm³/mol. The molecule has 5 aliphatic carbocycles. The van der Waals surface area contributed by atoms with Crippen LogP contribution in [0.4, 0.5) is 17.1 Å². The smallest absolute Gasteiger partial charge is 0.0726 e. The van der Waals surface area contributed by atoms with Crippen LogP contribution in [0.1, 0.15) is 129 Å². The third-order valence-corrected chi connectivity index (χ3v) is 18.8. The van der Waals surface area contributed by atoms with Crippen molar-refractivity contribution in [2.75, 3.05) is 4.90 Å². The van der Waals surface area contributed by atoms with Crippen molar-refractivity contribution in [3.05, 3.63) is 279 Å². The SMILES string of the molecule is CC(C)(C)c1ccc2c(c1)-c1cc(C(C)(C)C)ccc1C21c2ccccc2-c2c(N(c3ccc(-c4cccc5c4C(C)(C)c4ccccc4-5)cc3)c3ccc4c(c3)C3(CCc5ccccc53)c3ccccc3-4)cccc21.